The van der Waals surface area contributed by atoms with E-state index in [9.17, 15) is 13.6 Å². The molecular weight excluding hydrogens is 230 g/mol. The van der Waals surface area contributed by atoms with Gasteiger partial charge in [-0.1, -0.05) is 0 Å². The second-order valence-electron chi connectivity index (χ2n) is 3.32. The van der Waals surface area contributed by atoms with Crippen molar-refractivity contribution in [2.45, 2.75) is 19.8 Å². The van der Waals surface area contributed by atoms with E-state index >= 15 is 0 Å². The predicted octanol–water partition coefficient (Wildman–Crippen LogP) is 1.91. The zero-order valence-electron chi connectivity index (χ0n) is 9.33. The topological polar surface area (TPSA) is 63.0 Å². The number of methoxy groups -OCH3 is 1. The van der Waals surface area contributed by atoms with E-state index in [4.69, 9.17) is 5.26 Å². The fraction of sp³-hybridized carbons (Fsp3) is 0.364. The summed E-state index contributed by atoms with van der Waals surface area (Å²) in [6.07, 6.45) is -2.08. The highest BCUT2D eigenvalue weighted by atomic mass is 19.3. The predicted molar refractivity (Wildman–Crippen MR) is 54.4 cm³/mol. The van der Waals surface area contributed by atoms with E-state index in [-0.39, 0.29) is 17.5 Å². The third kappa shape index (κ3) is 2.75. The van der Waals surface area contributed by atoms with Crippen molar-refractivity contribution in [1.82, 2.24) is 4.98 Å². The van der Waals surface area contributed by atoms with Crippen molar-refractivity contribution in [3.8, 4) is 6.07 Å². The van der Waals surface area contributed by atoms with E-state index in [0.29, 0.717) is 5.69 Å². The molecule has 0 unspecified atom stereocenters. The normalized spacial score (nSPS) is 10.1. The summed E-state index contributed by atoms with van der Waals surface area (Å²) in [5.74, 6) is -0.599. The number of ether oxygens (including phenoxy) is 1. The van der Waals surface area contributed by atoms with Gasteiger partial charge in [-0.05, 0) is 6.92 Å². The highest BCUT2D eigenvalue weighted by Gasteiger charge is 2.20. The van der Waals surface area contributed by atoms with Gasteiger partial charge in [0.1, 0.15) is 6.07 Å². The smallest absolute Gasteiger partial charge is 0.310 e. The molecule has 90 valence electrons. The first-order chi connectivity index (χ1) is 8.01. The number of aryl methyl sites for hydroxylation is 1. The number of aromatic nitrogens is 1. The van der Waals surface area contributed by atoms with Crippen molar-refractivity contribution >= 4 is 5.97 Å². The second-order valence-corrected chi connectivity index (χ2v) is 3.32. The van der Waals surface area contributed by atoms with Crippen LogP contribution in [0.15, 0.2) is 6.20 Å². The van der Waals surface area contributed by atoms with E-state index in [1.54, 1.807) is 13.0 Å². The van der Waals surface area contributed by atoms with Gasteiger partial charge in [0.15, 0.2) is 0 Å². The maximum Gasteiger partial charge on any atom is 0.310 e. The molecular formula is C11H10F2N2O2. The number of hydrogen-bond acceptors (Lipinski definition) is 4. The van der Waals surface area contributed by atoms with E-state index in [0.717, 1.165) is 6.20 Å². The summed E-state index contributed by atoms with van der Waals surface area (Å²) in [5.41, 5.74) is -0.0941. The van der Waals surface area contributed by atoms with Crippen LogP contribution in [-0.2, 0) is 16.0 Å². The number of halogens is 2. The van der Waals surface area contributed by atoms with E-state index < -0.39 is 18.0 Å². The van der Waals surface area contributed by atoms with Crippen molar-refractivity contribution in [1.29, 1.82) is 5.26 Å². The van der Waals surface area contributed by atoms with Crippen molar-refractivity contribution in [2.24, 2.45) is 0 Å². The first-order valence-electron chi connectivity index (χ1n) is 4.74. The van der Waals surface area contributed by atoms with Gasteiger partial charge in [-0.2, -0.15) is 5.26 Å². The maximum atomic E-state index is 12.6. The van der Waals surface area contributed by atoms with Crippen LogP contribution in [0.25, 0.3) is 0 Å². The van der Waals surface area contributed by atoms with Crippen molar-refractivity contribution in [2.75, 3.05) is 7.11 Å². The lowest BCUT2D eigenvalue weighted by atomic mass is 10.00. The Morgan fingerprint density at radius 3 is 2.76 bits per heavy atom. The Labute approximate surface area is 96.8 Å². The van der Waals surface area contributed by atoms with Crippen molar-refractivity contribution < 1.29 is 18.3 Å². The summed E-state index contributed by atoms with van der Waals surface area (Å²) in [5, 5.41) is 8.89. The summed E-state index contributed by atoms with van der Waals surface area (Å²) < 4.78 is 29.7. The Morgan fingerprint density at radius 1 is 1.65 bits per heavy atom. The number of nitriles is 1. The van der Waals surface area contributed by atoms with E-state index in [1.807, 2.05) is 0 Å². The summed E-state index contributed by atoms with van der Waals surface area (Å²) in [4.78, 5) is 14.9. The van der Waals surface area contributed by atoms with Gasteiger partial charge in [0.05, 0.1) is 24.7 Å². The van der Waals surface area contributed by atoms with Crippen LogP contribution in [0.4, 0.5) is 8.78 Å². The summed E-state index contributed by atoms with van der Waals surface area (Å²) in [6.45, 7) is 1.55. The molecule has 0 aromatic carbocycles. The molecule has 1 aromatic heterocycles. The largest absolute Gasteiger partial charge is 0.469 e. The number of hydrogen-bond donors (Lipinski definition) is 0. The van der Waals surface area contributed by atoms with Crippen LogP contribution in [0.5, 0.6) is 0 Å². The Kier molecular flexibility index (Phi) is 4.10. The van der Waals surface area contributed by atoms with Crippen molar-refractivity contribution in [3.05, 3.63) is 28.6 Å². The molecule has 0 saturated heterocycles. The highest BCUT2D eigenvalue weighted by Crippen LogP contribution is 2.26. The molecule has 0 saturated carbocycles. The Balaban J connectivity index is 3.32. The molecule has 0 aliphatic heterocycles. The molecule has 1 rings (SSSR count). The van der Waals surface area contributed by atoms with Gasteiger partial charge in [-0.15, -0.1) is 0 Å². The molecule has 0 aliphatic rings. The molecule has 0 fully saturated rings. The van der Waals surface area contributed by atoms with Crippen LogP contribution in [-0.4, -0.2) is 18.1 Å². The first kappa shape index (κ1) is 13.0. The average molecular weight is 240 g/mol. The lowest BCUT2D eigenvalue weighted by Gasteiger charge is -2.10. The minimum atomic E-state index is -2.80. The fourth-order valence-electron chi connectivity index (χ4n) is 1.39. The second kappa shape index (κ2) is 5.34. The van der Waals surface area contributed by atoms with Gasteiger partial charge in [0.25, 0.3) is 6.43 Å². The highest BCUT2D eigenvalue weighted by molar-refractivity contribution is 5.74. The van der Waals surface area contributed by atoms with Gasteiger partial charge < -0.3 is 4.74 Å². The number of alkyl halides is 2. The van der Waals surface area contributed by atoms with Crippen LogP contribution in [0.2, 0.25) is 0 Å². The number of carbonyl (C=O) groups excluding carboxylic acids is 1. The van der Waals surface area contributed by atoms with E-state index in [1.165, 1.54) is 7.11 Å². The third-order valence-electron chi connectivity index (χ3n) is 2.32. The Morgan fingerprint density at radius 2 is 2.29 bits per heavy atom. The standard InChI is InChI=1S/C11H10F2N2O2/c1-6-7(3-10(16)17-2)8(4-14)9(5-15-6)11(12)13/h5,11H,3H2,1-2H3. The first-order valence-corrected chi connectivity index (χ1v) is 4.74. The molecule has 0 N–H and O–H groups in total. The van der Waals surface area contributed by atoms with Crippen LogP contribution in [0, 0.1) is 18.3 Å². The van der Waals surface area contributed by atoms with Crippen LogP contribution in [0.1, 0.15) is 28.8 Å². The minimum Gasteiger partial charge on any atom is -0.469 e. The summed E-state index contributed by atoms with van der Waals surface area (Å²) in [6, 6.07) is 1.69. The molecule has 0 aliphatic carbocycles. The maximum absolute atomic E-state index is 12.6. The Hall–Kier alpha value is -2.03. The molecule has 0 atom stereocenters. The number of rotatable bonds is 3. The van der Waals surface area contributed by atoms with Gasteiger partial charge in [-0.25, -0.2) is 8.78 Å². The van der Waals surface area contributed by atoms with Crippen LogP contribution < -0.4 is 0 Å². The lowest BCUT2D eigenvalue weighted by Crippen LogP contribution is -2.10. The minimum absolute atomic E-state index is 0.192. The number of esters is 1. The zero-order valence-corrected chi connectivity index (χ0v) is 9.33. The van der Waals surface area contributed by atoms with Gasteiger partial charge in [0.2, 0.25) is 0 Å². The summed E-state index contributed by atoms with van der Waals surface area (Å²) >= 11 is 0. The fourth-order valence-corrected chi connectivity index (χ4v) is 1.39. The van der Waals surface area contributed by atoms with E-state index in [2.05, 4.69) is 9.72 Å². The zero-order chi connectivity index (χ0) is 13.0. The molecule has 17 heavy (non-hydrogen) atoms. The van der Waals surface area contributed by atoms with Crippen LogP contribution >= 0.6 is 0 Å². The molecule has 4 nitrogen and oxygen atoms in total. The molecule has 1 aromatic rings. The third-order valence-corrected chi connectivity index (χ3v) is 2.32. The Bertz CT molecular complexity index is 481. The lowest BCUT2D eigenvalue weighted by molar-refractivity contribution is -0.139. The SMILES string of the molecule is COC(=O)Cc1c(C)ncc(C(F)F)c1C#N. The number of carbonyl (C=O) groups is 1. The number of nitrogens with zero attached hydrogens (tertiary/aromatic N) is 2. The molecule has 6 heteroatoms. The average Bonchev–Trinajstić information content (AvgIpc) is 2.30. The quantitative estimate of drug-likeness (QED) is 0.757. The van der Waals surface area contributed by atoms with Gasteiger partial charge in [0, 0.05) is 17.5 Å². The molecule has 1 heterocycles. The van der Waals surface area contributed by atoms with Gasteiger partial charge >= 0.3 is 5.97 Å². The molecule has 0 bridgehead atoms. The van der Waals surface area contributed by atoms with Crippen LogP contribution in [0.3, 0.4) is 0 Å². The van der Waals surface area contributed by atoms with Crippen molar-refractivity contribution in [3.63, 3.8) is 0 Å². The molecule has 0 radical (unpaired) electrons. The monoisotopic (exact) mass is 240 g/mol. The summed E-state index contributed by atoms with van der Waals surface area (Å²) in [7, 11) is 1.19. The van der Waals surface area contributed by atoms with Gasteiger partial charge in [-0.3, -0.25) is 9.78 Å². The molecule has 0 spiro atoms. The molecule has 0 amide bonds. The number of pyridine rings is 1.